The molecule has 0 radical (unpaired) electrons. The number of hydrogen-bond donors (Lipinski definition) is 0. The minimum absolute atomic E-state index is 0.0945. The molecule has 41 heavy (non-hydrogen) atoms. The Morgan fingerprint density at radius 2 is 1.24 bits per heavy atom. The molecule has 0 aliphatic heterocycles. The smallest absolute Gasteiger partial charge is 0.494 e. The van der Waals surface area contributed by atoms with E-state index in [1.165, 1.54) is 12.1 Å². The average molecular weight is 593 g/mol. The van der Waals surface area contributed by atoms with E-state index in [9.17, 15) is 35.1 Å². The van der Waals surface area contributed by atoms with Crippen molar-refractivity contribution in [3.8, 4) is 17.2 Å². The van der Waals surface area contributed by atoms with Crippen LogP contribution in [0.3, 0.4) is 0 Å². The first kappa shape index (κ1) is 31.0. The highest BCUT2D eigenvalue weighted by Crippen LogP contribution is 2.43. The zero-order chi connectivity index (χ0) is 29.8. The van der Waals surface area contributed by atoms with Gasteiger partial charge < -0.3 is 14.2 Å². The third-order valence-electron chi connectivity index (χ3n) is 7.83. The molecule has 0 amide bonds. The quantitative estimate of drug-likeness (QED) is 0.214. The number of alkyl halides is 5. The first-order valence-electron chi connectivity index (χ1n) is 13.8. The lowest BCUT2D eigenvalue weighted by molar-refractivity contribution is -0.275. The number of ether oxygens (including phenoxy) is 3. The molecule has 0 aromatic heterocycles. The Bertz CT molecular complexity index is 1170. The summed E-state index contributed by atoms with van der Waals surface area (Å²) in [5.74, 6) is -5.22. The van der Waals surface area contributed by atoms with Crippen molar-refractivity contribution in [1.29, 1.82) is 0 Å². The van der Waals surface area contributed by atoms with E-state index in [1.54, 1.807) is 6.92 Å². The zero-order valence-corrected chi connectivity index (χ0v) is 22.5. The summed E-state index contributed by atoms with van der Waals surface area (Å²) in [6.07, 6.45) is -0.543. The summed E-state index contributed by atoms with van der Waals surface area (Å²) in [4.78, 5) is 0. The van der Waals surface area contributed by atoms with Crippen molar-refractivity contribution in [2.75, 3.05) is 6.61 Å². The number of rotatable bonds is 9. The topological polar surface area (TPSA) is 27.7 Å². The molecule has 226 valence electrons. The van der Waals surface area contributed by atoms with Crippen LogP contribution in [-0.4, -0.2) is 19.1 Å². The van der Waals surface area contributed by atoms with Gasteiger partial charge >= 0.3 is 12.5 Å². The van der Waals surface area contributed by atoms with Crippen LogP contribution in [0.15, 0.2) is 42.5 Å². The minimum Gasteiger partial charge on any atom is -0.494 e. The van der Waals surface area contributed by atoms with Gasteiger partial charge in [0, 0.05) is 23.8 Å². The fourth-order valence-electron chi connectivity index (χ4n) is 5.76. The summed E-state index contributed by atoms with van der Waals surface area (Å²) >= 11 is 0. The number of halogens is 8. The van der Waals surface area contributed by atoms with E-state index in [0.717, 1.165) is 18.9 Å². The standard InChI is InChI=1S/C30H32F8O3/c1-2-39-23-16-25(32)28(26(33)17-23)20-9-5-18(6-10-20)3-4-19-7-11-21(12-8-19)29(34,35)40-22-13-14-27(24(31)15-22)41-30(36,37)38/h3-4,13-21H,2,5-12H2,1H3/b4-3+. The maximum Gasteiger partial charge on any atom is 0.573 e. The summed E-state index contributed by atoms with van der Waals surface area (Å²) < 4.78 is 123. The van der Waals surface area contributed by atoms with Gasteiger partial charge in [0.15, 0.2) is 11.6 Å². The molecule has 4 rings (SSSR count). The van der Waals surface area contributed by atoms with E-state index in [-0.39, 0.29) is 41.9 Å². The van der Waals surface area contributed by atoms with Crippen LogP contribution in [0, 0.1) is 35.2 Å². The van der Waals surface area contributed by atoms with E-state index in [0.29, 0.717) is 44.4 Å². The summed E-state index contributed by atoms with van der Waals surface area (Å²) in [5.41, 5.74) is 0.102. The molecular formula is C30H32F8O3. The third-order valence-corrected chi connectivity index (χ3v) is 7.83. The molecule has 0 unspecified atom stereocenters. The fraction of sp³-hybridized carbons (Fsp3) is 0.533. The van der Waals surface area contributed by atoms with Crippen LogP contribution < -0.4 is 14.2 Å². The largest absolute Gasteiger partial charge is 0.573 e. The number of hydrogen-bond acceptors (Lipinski definition) is 3. The highest BCUT2D eigenvalue weighted by Gasteiger charge is 2.44. The molecule has 0 spiro atoms. The van der Waals surface area contributed by atoms with Crippen molar-refractivity contribution in [1.82, 2.24) is 0 Å². The molecule has 2 aliphatic carbocycles. The fourth-order valence-corrected chi connectivity index (χ4v) is 5.76. The Hall–Kier alpha value is -2.98. The molecule has 2 aromatic carbocycles. The van der Waals surface area contributed by atoms with Gasteiger partial charge in [-0.05, 0) is 88.2 Å². The van der Waals surface area contributed by atoms with Crippen LogP contribution in [0.1, 0.15) is 69.8 Å². The number of benzene rings is 2. The molecule has 11 heteroatoms. The third kappa shape index (κ3) is 8.29. The summed E-state index contributed by atoms with van der Waals surface area (Å²) in [5, 5.41) is 0. The Morgan fingerprint density at radius 3 is 1.76 bits per heavy atom. The lowest BCUT2D eigenvalue weighted by Gasteiger charge is -2.33. The summed E-state index contributed by atoms with van der Waals surface area (Å²) in [7, 11) is 0. The Kier molecular flexibility index (Phi) is 9.74. The SMILES string of the molecule is CCOc1cc(F)c(C2CCC(/C=C/C3CCC(C(F)(F)Oc4ccc(OC(F)(F)F)c(F)c4)CC3)CC2)c(F)c1. The molecule has 0 N–H and O–H groups in total. The lowest BCUT2D eigenvalue weighted by atomic mass is 9.77. The van der Waals surface area contributed by atoms with Crippen molar-refractivity contribution >= 4 is 0 Å². The highest BCUT2D eigenvalue weighted by atomic mass is 19.4. The first-order chi connectivity index (χ1) is 19.3. The van der Waals surface area contributed by atoms with Crippen LogP contribution in [0.5, 0.6) is 17.2 Å². The highest BCUT2D eigenvalue weighted by molar-refractivity contribution is 5.34. The van der Waals surface area contributed by atoms with Gasteiger partial charge in [-0.3, -0.25) is 0 Å². The molecule has 2 aromatic rings. The van der Waals surface area contributed by atoms with Crippen LogP contribution in [0.25, 0.3) is 0 Å². The van der Waals surface area contributed by atoms with E-state index in [1.807, 2.05) is 6.08 Å². The Balaban J connectivity index is 1.24. The molecular weight excluding hydrogens is 560 g/mol. The molecule has 0 heterocycles. The van der Waals surface area contributed by atoms with Gasteiger partial charge in [-0.25, -0.2) is 13.2 Å². The van der Waals surface area contributed by atoms with Crippen molar-refractivity contribution in [3.63, 3.8) is 0 Å². The molecule has 3 nitrogen and oxygen atoms in total. The van der Waals surface area contributed by atoms with Crippen LogP contribution in [-0.2, 0) is 0 Å². The maximum absolute atomic E-state index is 14.8. The molecule has 2 fully saturated rings. The summed E-state index contributed by atoms with van der Waals surface area (Å²) in [6, 6.07) is 4.28. The van der Waals surface area contributed by atoms with Crippen LogP contribution in [0.4, 0.5) is 35.1 Å². The molecule has 2 saturated carbocycles. The zero-order valence-electron chi connectivity index (χ0n) is 22.5. The van der Waals surface area contributed by atoms with Gasteiger partial charge in [-0.1, -0.05) is 12.2 Å². The Labute approximate surface area is 233 Å². The Morgan fingerprint density at radius 1 is 0.707 bits per heavy atom. The second-order valence-electron chi connectivity index (χ2n) is 10.6. The maximum atomic E-state index is 14.8. The molecule has 0 atom stereocenters. The van der Waals surface area contributed by atoms with Crippen LogP contribution >= 0.6 is 0 Å². The first-order valence-corrected chi connectivity index (χ1v) is 13.8. The number of allylic oxidation sites excluding steroid dienone is 2. The predicted molar refractivity (Wildman–Crippen MR) is 135 cm³/mol. The van der Waals surface area contributed by atoms with Gasteiger partial charge in [0.1, 0.15) is 23.1 Å². The average Bonchev–Trinajstić information content (AvgIpc) is 2.89. The molecule has 2 aliphatic rings. The monoisotopic (exact) mass is 592 g/mol. The summed E-state index contributed by atoms with van der Waals surface area (Å²) in [6.45, 7) is 2.06. The van der Waals surface area contributed by atoms with Crippen molar-refractivity contribution in [2.24, 2.45) is 17.8 Å². The van der Waals surface area contributed by atoms with E-state index in [2.05, 4.69) is 10.8 Å². The van der Waals surface area contributed by atoms with Gasteiger partial charge in [0.05, 0.1) is 12.5 Å². The van der Waals surface area contributed by atoms with E-state index >= 15 is 0 Å². The van der Waals surface area contributed by atoms with Crippen molar-refractivity contribution < 1.29 is 49.3 Å². The van der Waals surface area contributed by atoms with Gasteiger partial charge in [0.25, 0.3) is 0 Å². The van der Waals surface area contributed by atoms with Crippen molar-refractivity contribution in [3.05, 3.63) is 65.5 Å². The van der Waals surface area contributed by atoms with Gasteiger partial charge in [0.2, 0.25) is 0 Å². The minimum atomic E-state index is -5.12. The molecule has 0 bridgehead atoms. The molecule has 0 saturated heterocycles. The van der Waals surface area contributed by atoms with Crippen molar-refractivity contribution in [2.45, 2.75) is 76.7 Å². The normalized spacial score (nSPS) is 23.9. The second kappa shape index (κ2) is 12.9. The van der Waals surface area contributed by atoms with E-state index < -0.39 is 47.3 Å². The van der Waals surface area contributed by atoms with Gasteiger partial charge in [-0.15, -0.1) is 13.2 Å². The van der Waals surface area contributed by atoms with E-state index in [4.69, 9.17) is 9.47 Å². The second-order valence-corrected chi connectivity index (χ2v) is 10.6. The van der Waals surface area contributed by atoms with Gasteiger partial charge in [-0.2, -0.15) is 8.78 Å². The van der Waals surface area contributed by atoms with Crippen LogP contribution in [0.2, 0.25) is 0 Å². The predicted octanol–water partition coefficient (Wildman–Crippen LogP) is 9.71. The lowest BCUT2D eigenvalue weighted by Crippen LogP contribution is -2.37.